The second kappa shape index (κ2) is 8.91. The van der Waals surface area contributed by atoms with Gasteiger partial charge in [-0.15, -0.1) is 0 Å². The maximum Gasteiger partial charge on any atom is 0.239 e. The van der Waals surface area contributed by atoms with Gasteiger partial charge in [0.1, 0.15) is 0 Å². The van der Waals surface area contributed by atoms with Crippen molar-refractivity contribution < 1.29 is 14.3 Å². The molecule has 2 amide bonds. The number of carbonyl (C=O) groups is 2. The molecule has 1 aliphatic rings. The Morgan fingerprint density at radius 3 is 2.53 bits per heavy atom. The highest BCUT2D eigenvalue weighted by Gasteiger charge is 2.24. The van der Waals surface area contributed by atoms with Gasteiger partial charge in [-0.1, -0.05) is 19.3 Å². The third kappa shape index (κ3) is 6.05. The van der Waals surface area contributed by atoms with Crippen LogP contribution in [0.1, 0.15) is 45.4 Å². The van der Waals surface area contributed by atoms with Crippen LogP contribution in [-0.2, 0) is 14.3 Å². The summed E-state index contributed by atoms with van der Waals surface area (Å²) in [5, 5.41) is 2.83. The van der Waals surface area contributed by atoms with Crippen molar-refractivity contribution in [3.63, 3.8) is 0 Å². The molecule has 0 aromatic rings. The van der Waals surface area contributed by atoms with Crippen LogP contribution in [0.5, 0.6) is 0 Å². The Labute approximate surface area is 115 Å². The summed E-state index contributed by atoms with van der Waals surface area (Å²) < 4.78 is 4.92. The topological polar surface area (TPSA) is 58.6 Å². The van der Waals surface area contributed by atoms with Crippen molar-refractivity contribution in [1.82, 2.24) is 10.2 Å². The fraction of sp³-hybridized carbons (Fsp3) is 0.857. The lowest BCUT2D eigenvalue weighted by Gasteiger charge is -2.33. The lowest BCUT2D eigenvalue weighted by Crippen LogP contribution is -2.46. The molecule has 110 valence electrons. The molecule has 1 saturated carbocycles. The predicted molar refractivity (Wildman–Crippen MR) is 73.8 cm³/mol. The largest absolute Gasteiger partial charge is 0.385 e. The molecule has 1 N–H and O–H groups in total. The Bertz CT molecular complexity index is 288. The second-order valence-corrected chi connectivity index (χ2v) is 5.14. The summed E-state index contributed by atoms with van der Waals surface area (Å²) in [5.74, 6) is -0.0733. The van der Waals surface area contributed by atoms with Gasteiger partial charge in [-0.3, -0.25) is 9.59 Å². The van der Waals surface area contributed by atoms with E-state index >= 15 is 0 Å². The molecule has 0 saturated heterocycles. The van der Waals surface area contributed by atoms with Gasteiger partial charge in [-0.25, -0.2) is 0 Å². The Balaban J connectivity index is 2.35. The molecule has 0 spiro atoms. The van der Waals surface area contributed by atoms with Crippen LogP contribution in [0.4, 0.5) is 0 Å². The Morgan fingerprint density at radius 2 is 1.95 bits per heavy atom. The molecule has 0 aromatic carbocycles. The zero-order valence-corrected chi connectivity index (χ0v) is 12.1. The Morgan fingerprint density at radius 1 is 1.26 bits per heavy atom. The molecule has 5 nitrogen and oxygen atoms in total. The maximum atomic E-state index is 11.8. The summed E-state index contributed by atoms with van der Waals surface area (Å²) in [7, 11) is 1.64. The number of nitrogens with zero attached hydrogens (tertiary/aromatic N) is 1. The number of rotatable bonds is 7. The molecule has 0 unspecified atom stereocenters. The van der Waals surface area contributed by atoms with Crippen LogP contribution in [0.3, 0.4) is 0 Å². The van der Waals surface area contributed by atoms with Crippen molar-refractivity contribution in [2.75, 3.05) is 26.8 Å². The van der Waals surface area contributed by atoms with Crippen LogP contribution in [0.15, 0.2) is 0 Å². The van der Waals surface area contributed by atoms with Gasteiger partial charge in [0.15, 0.2) is 0 Å². The monoisotopic (exact) mass is 270 g/mol. The van der Waals surface area contributed by atoms with Crippen molar-refractivity contribution in [2.45, 2.75) is 51.5 Å². The summed E-state index contributed by atoms with van der Waals surface area (Å²) in [6.07, 6.45) is 6.40. The molecular formula is C14H26N2O3. The van der Waals surface area contributed by atoms with Gasteiger partial charge in [-0.05, 0) is 19.3 Å². The normalized spacial score (nSPS) is 16.1. The van der Waals surface area contributed by atoms with E-state index in [1.54, 1.807) is 18.9 Å². The van der Waals surface area contributed by atoms with E-state index in [0.717, 1.165) is 32.1 Å². The predicted octanol–water partition coefficient (Wildman–Crippen LogP) is 1.32. The van der Waals surface area contributed by atoms with E-state index in [1.165, 1.54) is 6.42 Å². The van der Waals surface area contributed by atoms with E-state index in [1.807, 2.05) is 0 Å². The first-order valence-corrected chi connectivity index (χ1v) is 7.18. The van der Waals surface area contributed by atoms with Crippen LogP contribution >= 0.6 is 0 Å². The van der Waals surface area contributed by atoms with Crippen molar-refractivity contribution in [3.05, 3.63) is 0 Å². The summed E-state index contributed by atoms with van der Waals surface area (Å²) in [6, 6.07) is 0.246. The minimum atomic E-state index is -0.0723. The van der Waals surface area contributed by atoms with Gasteiger partial charge in [0.05, 0.1) is 6.54 Å². The number of hydrogen-bond donors (Lipinski definition) is 1. The van der Waals surface area contributed by atoms with Gasteiger partial charge in [0.2, 0.25) is 11.8 Å². The first kappa shape index (κ1) is 16.0. The zero-order chi connectivity index (χ0) is 14.1. The summed E-state index contributed by atoms with van der Waals surface area (Å²) in [6.45, 7) is 2.97. The van der Waals surface area contributed by atoms with E-state index in [-0.39, 0.29) is 24.4 Å². The lowest BCUT2D eigenvalue weighted by molar-refractivity contribution is -0.137. The molecule has 0 bridgehead atoms. The van der Waals surface area contributed by atoms with Crippen LogP contribution in [0.2, 0.25) is 0 Å². The molecule has 0 radical (unpaired) electrons. The average Bonchev–Trinajstić information content (AvgIpc) is 2.41. The Hall–Kier alpha value is -1.10. The minimum absolute atomic E-state index is 0.000980. The number of nitrogens with one attached hydrogen (secondary N) is 1. The third-order valence-electron chi connectivity index (χ3n) is 3.58. The van der Waals surface area contributed by atoms with Gasteiger partial charge in [0, 0.05) is 33.2 Å². The fourth-order valence-electron chi connectivity index (χ4n) is 2.55. The zero-order valence-electron chi connectivity index (χ0n) is 12.1. The summed E-state index contributed by atoms with van der Waals surface area (Å²) >= 11 is 0. The summed E-state index contributed by atoms with van der Waals surface area (Å²) in [5.41, 5.74) is 0. The molecule has 1 aliphatic carbocycles. The molecular weight excluding hydrogens is 244 g/mol. The van der Waals surface area contributed by atoms with Crippen LogP contribution in [0.25, 0.3) is 0 Å². The fourth-order valence-corrected chi connectivity index (χ4v) is 2.55. The third-order valence-corrected chi connectivity index (χ3v) is 3.58. The molecule has 0 heterocycles. The first-order chi connectivity index (χ1) is 9.15. The number of carbonyl (C=O) groups excluding carboxylic acids is 2. The van der Waals surface area contributed by atoms with Gasteiger partial charge < -0.3 is 15.0 Å². The van der Waals surface area contributed by atoms with E-state index in [0.29, 0.717) is 13.2 Å². The molecule has 19 heavy (non-hydrogen) atoms. The van der Waals surface area contributed by atoms with Crippen molar-refractivity contribution >= 4 is 11.8 Å². The molecule has 0 aromatic heterocycles. The van der Waals surface area contributed by atoms with Gasteiger partial charge in [-0.2, -0.15) is 0 Å². The second-order valence-electron chi connectivity index (χ2n) is 5.14. The maximum absolute atomic E-state index is 11.8. The van der Waals surface area contributed by atoms with Crippen LogP contribution < -0.4 is 5.32 Å². The lowest BCUT2D eigenvalue weighted by atomic mass is 9.94. The SMILES string of the molecule is COCCCNC(=O)CN(C(C)=O)C1CCCCC1. The average molecular weight is 270 g/mol. The van der Waals surface area contributed by atoms with E-state index in [2.05, 4.69) is 5.32 Å². The van der Waals surface area contributed by atoms with Crippen molar-refractivity contribution in [3.8, 4) is 0 Å². The summed E-state index contributed by atoms with van der Waals surface area (Å²) in [4.78, 5) is 25.2. The minimum Gasteiger partial charge on any atom is -0.385 e. The highest BCUT2D eigenvalue weighted by Crippen LogP contribution is 2.22. The highest BCUT2D eigenvalue weighted by molar-refractivity contribution is 5.83. The molecule has 1 rings (SSSR count). The number of methoxy groups -OCH3 is 1. The van der Waals surface area contributed by atoms with E-state index in [4.69, 9.17) is 4.74 Å². The van der Waals surface area contributed by atoms with E-state index < -0.39 is 0 Å². The number of hydrogen-bond acceptors (Lipinski definition) is 3. The van der Waals surface area contributed by atoms with Gasteiger partial charge >= 0.3 is 0 Å². The van der Waals surface area contributed by atoms with Crippen LogP contribution in [0, 0.1) is 0 Å². The van der Waals surface area contributed by atoms with Crippen LogP contribution in [-0.4, -0.2) is 49.6 Å². The standard InChI is InChI=1S/C14H26N2O3/c1-12(17)16(13-7-4-3-5-8-13)11-14(18)15-9-6-10-19-2/h13H,3-11H2,1-2H3,(H,15,18). The molecule has 5 heteroatoms. The smallest absolute Gasteiger partial charge is 0.239 e. The number of amides is 2. The van der Waals surface area contributed by atoms with E-state index in [9.17, 15) is 9.59 Å². The van der Waals surface area contributed by atoms with Gasteiger partial charge in [0.25, 0.3) is 0 Å². The molecule has 1 fully saturated rings. The van der Waals surface area contributed by atoms with Crippen molar-refractivity contribution in [2.24, 2.45) is 0 Å². The Kier molecular flexibility index (Phi) is 7.48. The number of ether oxygens (including phenoxy) is 1. The molecule has 0 aliphatic heterocycles. The molecule has 0 atom stereocenters. The quantitative estimate of drug-likeness (QED) is 0.710. The first-order valence-electron chi connectivity index (χ1n) is 7.18. The van der Waals surface area contributed by atoms with Crippen molar-refractivity contribution in [1.29, 1.82) is 0 Å². The highest BCUT2D eigenvalue weighted by atomic mass is 16.5.